The van der Waals surface area contributed by atoms with E-state index < -0.39 is 0 Å². The molecule has 1 heterocycles. The summed E-state index contributed by atoms with van der Waals surface area (Å²) in [7, 11) is 0. The highest BCUT2D eigenvalue weighted by molar-refractivity contribution is 5.35. The van der Waals surface area contributed by atoms with Crippen LogP contribution in [0.2, 0.25) is 0 Å². The van der Waals surface area contributed by atoms with Crippen molar-refractivity contribution in [1.29, 1.82) is 0 Å². The normalized spacial score (nSPS) is 12.3. The first-order chi connectivity index (χ1) is 10.1. The van der Waals surface area contributed by atoms with E-state index >= 15 is 0 Å². The zero-order valence-electron chi connectivity index (χ0n) is 12.2. The third kappa shape index (κ3) is 4.13. The predicted octanol–water partition coefficient (Wildman–Crippen LogP) is 3.52. The van der Waals surface area contributed by atoms with Crippen molar-refractivity contribution in [3.8, 4) is 0 Å². The van der Waals surface area contributed by atoms with Crippen LogP contribution >= 0.6 is 0 Å². The minimum atomic E-state index is -0.368. The van der Waals surface area contributed by atoms with Gasteiger partial charge in [-0.1, -0.05) is 30.6 Å². The molecule has 0 bridgehead atoms. The summed E-state index contributed by atoms with van der Waals surface area (Å²) < 4.78 is 5.03. The Balaban J connectivity index is 2.10. The maximum absolute atomic E-state index is 10.9. The number of rotatable bonds is 7. The molecule has 0 aliphatic rings. The van der Waals surface area contributed by atoms with Crippen LogP contribution in [0, 0.1) is 17.0 Å². The van der Waals surface area contributed by atoms with Crippen molar-refractivity contribution < 1.29 is 9.45 Å². The number of non-ortho nitro benzene ring substituents is 1. The second kappa shape index (κ2) is 6.99. The Kier molecular flexibility index (Phi) is 5.05. The van der Waals surface area contributed by atoms with Crippen LogP contribution < -0.4 is 5.32 Å². The number of nitro benzene ring substituents is 1. The fraction of sp³-hybridized carbons (Fsp3) is 0.400. The van der Waals surface area contributed by atoms with Crippen LogP contribution in [0.25, 0.3) is 0 Å². The summed E-state index contributed by atoms with van der Waals surface area (Å²) in [6, 6.07) is 8.71. The van der Waals surface area contributed by atoms with E-state index in [0.29, 0.717) is 6.54 Å². The summed E-state index contributed by atoms with van der Waals surface area (Å²) in [4.78, 5) is 10.5. The number of hydrogen-bond donors (Lipinski definition) is 1. The number of benzene rings is 1. The van der Waals surface area contributed by atoms with Crippen LogP contribution in [0.5, 0.6) is 0 Å². The molecule has 0 saturated heterocycles. The first-order valence-electron chi connectivity index (χ1n) is 7.00. The number of aromatic nitrogens is 1. The number of hydrogen-bond acceptors (Lipinski definition) is 5. The quantitative estimate of drug-likeness (QED) is 0.623. The van der Waals surface area contributed by atoms with Gasteiger partial charge < -0.3 is 9.84 Å². The topological polar surface area (TPSA) is 81.2 Å². The molecule has 6 nitrogen and oxygen atoms in total. The summed E-state index contributed by atoms with van der Waals surface area (Å²) in [6.45, 7) is 4.51. The van der Waals surface area contributed by atoms with Gasteiger partial charge in [0, 0.05) is 30.8 Å². The smallest absolute Gasteiger partial charge is 0.269 e. The maximum atomic E-state index is 10.9. The van der Waals surface area contributed by atoms with E-state index in [1.165, 1.54) is 6.07 Å². The number of nitrogens with zero attached hydrogens (tertiary/aromatic N) is 2. The highest BCUT2D eigenvalue weighted by Crippen LogP contribution is 2.23. The lowest BCUT2D eigenvalue weighted by atomic mass is 10.0. The van der Waals surface area contributed by atoms with Crippen molar-refractivity contribution >= 4 is 5.69 Å². The molecule has 0 spiro atoms. The van der Waals surface area contributed by atoms with Gasteiger partial charge in [-0.3, -0.25) is 10.1 Å². The van der Waals surface area contributed by atoms with E-state index in [1.54, 1.807) is 12.1 Å². The average Bonchev–Trinajstić information content (AvgIpc) is 2.89. The second-order valence-corrected chi connectivity index (χ2v) is 5.00. The summed E-state index contributed by atoms with van der Waals surface area (Å²) in [5.41, 5.74) is 1.87. The molecular formula is C15H19N3O3. The minimum Gasteiger partial charge on any atom is -0.361 e. The van der Waals surface area contributed by atoms with E-state index in [0.717, 1.165) is 29.9 Å². The molecule has 1 aromatic heterocycles. The minimum absolute atomic E-state index is 0.0620. The van der Waals surface area contributed by atoms with Crippen LogP contribution in [0.4, 0.5) is 5.69 Å². The summed E-state index contributed by atoms with van der Waals surface area (Å²) in [5, 5.41) is 18.2. The van der Waals surface area contributed by atoms with Gasteiger partial charge in [0.15, 0.2) is 0 Å². The van der Waals surface area contributed by atoms with Crippen LogP contribution in [-0.2, 0) is 6.54 Å². The van der Waals surface area contributed by atoms with Gasteiger partial charge in [-0.25, -0.2) is 0 Å². The van der Waals surface area contributed by atoms with E-state index in [1.807, 2.05) is 19.1 Å². The molecule has 1 N–H and O–H groups in total. The molecule has 0 amide bonds. The molecule has 1 atom stereocenters. The lowest BCUT2D eigenvalue weighted by molar-refractivity contribution is -0.384. The second-order valence-electron chi connectivity index (χ2n) is 5.00. The van der Waals surface area contributed by atoms with E-state index in [9.17, 15) is 10.1 Å². The lowest BCUT2D eigenvalue weighted by Gasteiger charge is -2.17. The number of nitro groups is 1. The van der Waals surface area contributed by atoms with Gasteiger partial charge in [-0.15, -0.1) is 0 Å². The molecule has 0 radical (unpaired) electrons. The fourth-order valence-electron chi connectivity index (χ4n) is 2.26. The predicted molar refractivity (Wildman–Crippen MR) is 78.8 cm³/mol. The van der Waals surface area contributed by atoms with Crippen molar-refractivity contribution in [3.63, 3.8) is 0 Å². The van der Waals surface area contributed by atoms with Crippen molar-refractivity contribution in [2.24, 2.45) is 0 Å². The van der Waals surface area contributed by atoms with Crippen LogP contribution in [0.3, 0.4) is 0 Å². The van der Waals surface area contributed by atoms with Crippen molar-refractivity contribution in [2.75, 3.05) is 0 Å². The Morgan fingerprint density at radius 1 is 1.43 bits per heavy atom. The van der Waals surface area contributed by atoms with Crippen LogP contribution in [0.15, 0.2) is 34.9 Å². The zero-order chi connectivity index (χ0) is 15.2. The molecule has 0 saturated carbocycles. The molecule has 2 rings (SSSR count). The molecule has 1 unspecified atom stereocenters. The van der Waals surface area contributed by atoms with E-state index in [-0.39, 0.29) is 16.7 Å². The Hall–Kier alpha value is -2.21. The van der Waals surface area contributed by atoms with Crippen molar-refractivity contribution in [3.05, 3.63) is 57.5 Å². The molecule has 2 aromatic rings. The molecular weight excluding hydrogens is 270 g/mol. The lowest BCUT2D eigenvalue weighted by Crippen LogP contribution is -2.21. The van der Waals surface area contributed by atoms with Gasteiger partial charge in [0.05, 0.1) is 10.6 Å². The number of nitrogens with one attached hydrogen (secondary N) is 1. The van der Waals surface area contributed by atoms with Gasteiger partial charge in [0.25, 0.3) is 5.69 Å². The Morgan fingerprint density at radius 3 is 2.86 bits per heavy atom. The van der Waals surface area contributed by atoms with Gasteiger partial charge in [0.1, 0.15) is 5.76 Å². The van der Waals surface area contributed by atoms with Crippen molar-refractivity contribution in [2.45, 2.75) is 39.3 Å². The molecule has 1 aromatic carbocycles. The number of aryl methyl sites for hydroxylation is 1. The Labute approximate surface area is 123 Å². The van der Waals surface area contributed by atoms with Gasteiger partial charge in [-0.2, -0.15) is 0 Å². The molecule has 0 aliphatic heterocycles. The Morgan fingerprint density at radius 2 is 2.24 bits per heavy atom. The molecule has 0 fully saturated rings. The standard InChI is InChI=1S/C15H19N3O3/c1-3-5-15(16-10-13-8-11(2)21-17-13)12-6-4-7-14(9-12)18(19)20/h4,6-9,15-16H,3,5,10H2,1-2H3. The molecule has 6 heteroatoms. The van der Waals surface area contributed by atoms with Gasteiger partial charge in [-0.05, 0) is 18.9 Å². The highest BCUT2D eigenvalue weighted by Gasteiger charge is 2.14. The van der Waals surface area contributed by atoms with E-state index in [4.69, 9.17) is 4.52 Å². The van der Waals surface area contributed by atoms with Gasteiger partial charge >= 0.3 is 0 Å². The third-order valence-electron chi connectivity index (χ3n) is 3.27. The Bertz CT molecular complexity index is 610. The average molecular weight is 289 g/mol. The SMILES string of the molecule is CCCC(NCc1cc(C)on1)c1cccc([N+](=O)[O-])c1. The summed E-state index contributed by atoms with van der Waals surface area (Å²) in [6.07, 6.45) is 1.89. The van der Waals surface area contributed by atoms with Crippen molar-refractivity contribution in [1.82, 2.24) is 10.5 Å². The summed E-state index contributed by atoms with van der Waals surface area (Å²) >= 11 is 0. The first kappa shape index (κ1) is 15.2. The molecule has 112 valence electrons. The largest absolute Gasteiger partial charge is 0.361 e. The monoisotopic (exact) mass is 289 g/mol. The fourth-order valence-corrected chi connectivity index (χ4v) is 2.26. The highest BCUT2D eigenvalue weighted by atomic mass is 16.6. The van der Waals surface area contributed by atoms with E-state index in [2.05, 4.69) is 17.4 Å². The first-order valence-corrected chi connectivity index (χ1v) is 7.00. The summed E-state index contributed by atoms with van der Waals surface area (Å²) in [5.74, 6) is 0.772. The molecule has 21 heavy (non-hydrogen) atoms. The van der Waals surface area contributed by atoms with Crippen LogP contribution in [-0.4, -0.2) is 10.1 Å². The van der Waals surface area contributed by atoms with Gasteiger partial charge in [0.2, 0.25) is 0 Å². The zero-order valence-corrected chi connectivity index (χ0v) is 12.2. The van der Waals surface area contributed by atoms with Crippen LogP contribution in [0.1, 0.15) is 42.8 Å². The molecule has 0 aliphatic carbocycles. The third-order valence-corrected chi connectivity index (χ3v) is 3.27. The maximum Gasteiger partial charge on any atom is 0.269 e.